The van der Waals surface area contributed by atoms with Crippen LogP contribution in [0.5, 0.6) is 5.75 Å². The van der Waals surface area contributed by atoms with E-state index in [1.54, 1.807) is 7.11 Å². The summed E-state index contributed by atoms with van der Waals surface area (Å²) in [7, 11) is 1.73. The molecule has 2 aliphatic rings. The van der Waals surface area contributed by atoms with Crippen LogP contribution in [0.4, 0.5) is 5.69 Å². The molecule has 0 saturated carbocycles. The number of likely N-dealkylation sites (tertiary alicyclic amines) is 1. The molecular formula is C20H32N2O2. The van der Waals surface area contributed by atoms with Gasteiger partial charge in [0.2, 0.25) is 0 Å². The van der Waals surface area contributed by atoms with Gasteiger partial charge in [-0.3, -0.25) is 4.90 Å². The van der Waals surface area contributed by atoms with Crippen molar-refractivity contribution in [3.05, 3.63) is 24.3 Å². The number of hydrogen-bond acceptors (Lipinski definition) is 4. The Morgan fingerprint density at radius 3 is 2.71 bits per heavy atom. The highest BCUT2D eigenvalue weighted by molar-refractivity contribution is 5.51. The van der Waals surface area contributed by atoms with Crippen LogP contribution >= 0.6 is 0 Å². The number of nitrogens with zero attached hydrogens (tertiary/aromatic N) is 2. The van der Waals surface area contributed by atoms with Crippen molar-refractivity contribution in [2.24, 2.45) is 0 Å². The minimum Gasteiger partial charge on any atom is -0.497 e. The number of piperidine rings is 2. The number of benzene rings is 1. The van der Waals surface area contributed by atoms with E-state index in [1.165, 1.54) is 37.9 Å². The highest BCUT2D eigenvalue weighted by atomic mass is 16.5. The van der Waals surface area contributed by atoms with Crippen LogP contribution in [0.2, 0.25) is 0 Å². The molecule has 1 atom stereocenters. The SMILES string of the molecule is CCCOC1CCCN(C2CCN(c3cccc(OC)c3)CC2)C1. The summed E-state index contributed by atoms with van der Waals surface area (Å²) in [6, 6.07) is 9.16. The summed E-state index contributed by atoms with van der Waals surface area (Å²) in [5, 5.41) is 0. The van der Waals surface area contributed by atoms with E-state index in [0.29, 0.717) is 6.10 Å². The first kappa shape index (κ1) is 17.6. The van der Waals surface area contributed by atoms with E-state index in [2.05, 4.69) is 34.9 Å². The lowest BCUT2D eigenvalue weighted by atomic mass is 9.98. The van der Waals surface area contributed by atoms with Gasteiger partial charge in [-0.15, -0.1) is 0 Å². The first-order chi connectivity index (χ1) is 11.8. The Morgan fingerprint density at radius 2 is 1.96 bits per heavy atom. The molecule has 2 saturated heterocycles. The van der Waals surface area contributed by atoms with Gasteiger partial charge in [-0.1, -0.05) is 13.0 Å². The second kappa shape index (κ2) is 8.72. The summed E-state index contributed by atoms with van der Waals surface area (Å²) in [6.45, 7) is 7.74. The molecule has 2 aliphatic heterocycles. The Labute approximate surface area is 146 Å². The maximum absolute atomic E-state index is 6.00. The van der Waals surface area contributed by atoms with Crippen LogP contribution in [0.15, 0.2) is 24.3 Å². The fourth-order valence-electron chi connectivity index (χ4n) is 4.01. The topological polar surface area (TPSA) is 24.9 Å². The minimum absolute atomic E-state index is 0.454. The first-order valence-corrected chi connectivity index (χ1v) is 9.54. The molecule has 1 aromatic carbocycles. The van der Waals surface area contributed by atoms with Crippen molar-refractivity contribution in [2.75, 3.05) is 44.8 Å². The summed E-state index contributed by atoms with van der Waals surface area (Å²) in [6.07, 6.45) is 6.59. The van der Waals surface area contributed by atoms with Gasteiger partial charge in [0.1, 0.15) is 5.75 Å². The molecule has 0 radical (unpaired) electrons. The Bertz CT molecular complexity index is 500. The standard InChI is InChI=1S/C20H32N2O2/c1-3-14-24-20-8-5-11-22(16-20)17-9-12-21(13-10-17)18-6-4-7-19(15-18)23-2/h4,6-7,15,17,20H,3,5,8-14,16H2,1-2H3. The largest absolute Gasteiger partial charge is 0.497 e. The lowest BCUT2D eigenvalue weighted by Gasteiger charge is -2.42. The van der Waals surface area contributed by atoms with Crippen molar-refractivity contribution in [1.29, 1.82) is 0 Å². The maximum atomic E-state index is 6.00. The molecule has 1 unspecified atom stereocenters. The van der Waals surface area contributed by atoms with Gasteiger partial charge in [0, 0.05) is 44.0 Å². The van der Waals surface area contributed by atoms with Crippen molar-refractivity contribution in [2.45, 2.75) is 51.2 Å². The highest BCUT2D eigenvalue weighted by Crippen LogP contribution is 2.27. The van der Waals surface area contributed by atoms with E-state index in [4.69, 9.17) is 9.47 Å². The Kier molecular flexibility index (Phi) is 6.38. The zero-order valence-electron chi connectivity index (χ0n) is 15.2. The number of methoxy groups -OCH3 is 1. The third-order valence-corrected chi connectivity index (χ3v) is 5.37. The van der Waals surface area contributed by atoms with Gasteiger partial charge in [-0.2, -0.15) is 0 Å². The molecule has 0 aliphatic carbocycles. The zero-order chi connectivity index (χ0) is 16.8. The van der Waals surface area contributed by atoms with Crippen molar-refractivity contribution < 1.29 is 9.47 Å². The lowest BCUT2D eigenvalue weighted by Crippen LogP contribution is -2.50. The molecule has 0 N–H and O–H groups in total. The maximum Gasteiger partial charge on any atom is 0.120 e. The normalized spacial score (nSPS) is 23.4. The van der Waals surface area contributed by atoms with Gasteiger partial charge in [0.05, 0.1) is 13.2 Å². The molecule has 0 spiro atoms. The van der Waals surface area contributed by atoms with Crippen LogP contribution in [0.25, 0.3) is 0 Å². The molecule has 0 bridgehead atoms. The minimum atomic E-state index is 0.454. The second-order valence-corrected chi connectivity index (χ2v) is 7.05. The van der Waals surface area contributed by atoms with E-state index in [-0.39, 0.29) is 0 Å². The van der Waals surface area contributed by atoms with Gasteiger partial charge >= 0.3 is 0 Å². The molecule has 0 aromatic heterocycles. The number of rotatable bonds is 6. The third-order valence-electron chi connectivity index (χ3n) is 5.37. The third kappa shape index (κ3) is 4.42. The summed E-state index contributed by atoms with van der Waals surface area (Å²) in [5.74, 6) is 0.946. The molecule has 3 rings (SSSR count). The smallest absolute Gasteiger partial charge is 0.120 e. The van der Waals surface area contributed by atoms with Crippen LogP contribution < -0.4 is 9.64 Å². The first-order valence-electron chi connectivity index (χ1n) is 9.54. The number of hydrogen-bond donors (Lipinski definition) is 0. The predicted molar refractivity (Wildman–Crippen MR) is 99.1 cm³/mol. The molecule has 1 aromatic rings. The second-order valence-electron chi connectivity index (χ2n) is 7.05. The van der Waals surface area contributed by atoms with E-state index >= 15 is 0 Å². The summed E-state index contributed by atoms with van der Waals surface area (Å²) in [5.41, 5.74) is 1.29. The van der Waals surface area contributed by atoms with Crippen molar-refractivity contribution >= 4 is 5.69 Å². The highest BCUT2D eigenvalue weighted by Gasteiger charge is 2.29. The van der Waals surface area contributed by atoms with Gasteiger partial charge in [-0.25, -0.2) is 0 Å². The average molecular weight is 332 g/mol. The molecule has 134 valence electrons. The quantitative estimate of drug-likeness (QED) is 0.795. The summed E-state index contributed by atoms with van der Waals surface area (Å²) in [4.78, 5) is 5.18. The van der Waals surface area contributed by atoms with Crippen LogP contribution in [0.1, 0.15) is 39.0 Å². The number of anilines is 1. The fourth-order valence-corrected chi connectivity index (χ4v) is 4.01. The van der Waals surface area contributed by atoms with Gasteiger partial charge in [0.25, 0.3) is 0 Å². The van der Waals surface area contributed by atoms with Crippen LogP contribution in [0.3, 0.4) is 0 Å². The predicted octanol–water partition coefficient (Wildman–Crippen LogP) is 3.56. The fraction of sp³-hybridized carbons (Fsp3) is 0.700. The van der Waals surface area contributed by atoms with E-state index < -0.39 is 0 Å². The lowest BCUT2D eigenvalue weighted by molar-refractivity contribution is -0.0155. The Balaban J connectivity index is 1.51. The van der Waals surface area contributed by atoms with Gasteiger partial charge in [-0.05, 0) is 50.8 Å². The molecule has 4 nitrogen and oxygen atoms in total. The van der Waals surface area contributed by atoms with Gasteiger partial charge < -0.3 is 14.4 Å². The van der Waals surface area contributed by atoms with Crippen molar-refractivity contribution in [3.63, 3.8) is 0 Å². The van der Waals surface area contributed by atoms with Crippen LogP contribution in [-0.4, -0.2) is 56.9 Å². The Hall–Kier alpha value is -1.26. The molecule has 0 amide bonds. The summed E-state index contributed by atoms with van der Waals surface area (Å²) >= 11 is 0. The average Bonchev–Trinajstić information content (AvgIpc) is 2.67. The molecule has 4 heteroatoms. The Morgan fingerprint density at radius 1 is 1.12 bits per heavy atom. The van der Waals surface area contributed by atoms with E-state index in [9.17, 15) is 0 Å². The number of ether oxygens (including phenoxy) is 2. The van der Waals surface area contributed by atoms with Crippen LogP contribution in [-0.2, 0) is 4.74 Å². The zero-order valence-corrected chi connectivity index (χ0v) is 15.2. The van der Waals surface area contributed by atoms with Crippen molar-refractivity contribution in [3.8, 4) is 5.75 Å². The van der Waals surface area contributed by atoms with Crippen LogP contribution in [0, 0.1) is 0 Å². The molecule has 2 fully saturated rings. The molecule has 24 heavy (non-hydrogen) atoms. The van der Waals surface area contributed by atoms with Gasteiger partial charge in [0.15, 0.2) is 0 Å². The van der Waals surface area contributed by atoms with E-state index in [0.717, 1.165) is 44.5 Å². The van der Waals surface area contributed by atoms with Crippen molar-refractivity contribution in [1.82, 2.24) is 4.90 Å². The monoisotopic (exact) mass is 332 g/mol. The molecule has 2 heterocycles. The van der Waals surface area contributed by atoms with E-state index in [1.807, 2.05) is 6.07 Å². The molecular weight excluding hydrogens is 300 g/mol. The summed E-state index contributed by atoms with van der Waals surface area (Å²) < 4.78 is 11.4.